The first-order chi connectivity index (χ1) is 15.5. The monoisotopic (exact) mass is 454 g/mol. The molecule has 0 spiro atoms. The molecule has 8 nitrogen and oxygen atoms in total. The number of anilines is 2. The molecule has 2 aromatic heterocycles. The van der Waals surface area contributed by atoms with Crippen LogP contribution in [0.3, 0.4) is 0 Å². The Labute approximate surface area is 192 Å². The molecule has 1 saturated heterocycles. The topological polar surface area (TPSA) is 85.2 Å². The Balaban J connectivity index is 1.45. The lowest BCUT2D eigenvalue weighted by Crippen LogP contribution is -2.19. The van der Waals surface area contributed by atoms with Crippen LogP contribution in [0.2, 0.25) is 5.02 Å². The summed E-state index contributed by atoms with van der Waals surface area (Å²) in [6, 6.07) is 7.16. The van der Waals surface area contributed by atoms with Crippen molar-refractivity contribution in [3.05, 3.63) is 52.6 Å². The van der Waals surface area contributed by atoms with Crippen LogP contribution in [0.5, 0.6) is 5.75 Å². The van der Waals surface area contributed by atoms with Crippen LogP contribution in [0, 0.1) is 13.8 Å². The molecule has 0 radical (unpaired) electrons. The van der Waals surface area contributed by atoms with Gasteiger partial charge >= 0.3 is 0 Å². The highest BCUT2D eigenvalue weighted by molar-refractivity contribution is 6.32. The predicted octanol–water partition coefficient (Wildman–Crippen LogP) is 4.11. The van der Waals surface area contributed by atoms with E-state index < -0.39 is 0 Å². The number of methoxy groups -OCH3 is 1. The van der Waals surface area contributed by atoms with Crippen molar-refractivity contribution in [3.63, 3.8) is 0 Å². The molecular formula is C23H27ClN6O2. The van der Waals surface area contributed by atoms with Crippen molar-refractivity contribution in [2.24, 2.45) is 0 Å². The minimum absolute atomic E-state index is 0.0869. The standard InChI is InChI=1S/C23H27ClN6O2/c1-15-18(7-9-23(31)27-17-6-8-20(32-3)19(24)12-17)16(2)30(28-15)22-13-21(25-14-26-22)29-10-4-5-11-29/h6,8,12-14H,4-5,7,9-11H2,1-3H3,(H,27,31). The summed E-state index contributed by atoms with van der Waals surface area (Å²) in [5.41, 5.74) is 3.56. The molecule has 9 heteroatoms. The molecule has 0 saturated carbocycles. The number of carbonyl (C=O) groups excluding carboxylic acids is 1. The maximum absolute atomic E-state index is 12.5. The molecule has 1 aliphatic rings. The van der Waals surface area contributed by atoms with Crippen molar-refractivity contribution in [1.82, 2.24) is 19.7 Å². The average molecular weight is 455 g/mol. The fourth-order valence-corrected chi connectivity index (χ4v) is 4.30. The lowest BCUT2D eigenvalue weighted by Gasteiger charge is -2.16. The van der Waals surface area contributed by atoms with Crippen LogP contribution in [0.1, 0.15) is 36.2 Å². The molecule has 0 bridgehead atoms. The van der Waals surface area contributed by atoms with Crippen molar-refractivity contribution < 1.29 is 9.53 Å². The Morgan fingerprint density at radius 3 is 2.62 bits per heavy atom. The van der Waals surface area contributed by atoms with Gasteiger partial charge in [0.15, 0.2) is 5.82 Å². The van der Waals surface area contributed by atoms with E-state index in [9.17, 15) is 4.79 Å². The second-order valence-corrected chi connectivity index (χ2v) is 8.29. The number of aryl methyl sites for hydroxylation is 1. The number of rotatable bonds is 7. The molecule has 0 atom stereocenters. The van der Waals surface area contributed by atoms with E-state index >= 15 is 0 Å². The van der Waals surface area contributed by atoms with E-state index in [1.165, 1.54) is 12.8 Å². The number of aromatic nitrogens is 4. The van der Waals surface area contributed by atoms with Crippen LogP contribution in [0.15, 0.2) is 30.6 Å². The molecule has 1 N–H and O–H groups in total. The highest BCUT2D eigenvalue weighted by Gasteiger charge is 2.18. The van der Waals surface area contributed by atoms with Gasteiger partial charge < -0.3 is 15.0 Å². The molecule has 168 valence electrons. The zero-order chi connectivity index (χ0) is 22.7. The number of benzene rings is 1. The van der Waals surface area contributed by atoms with Crippen LogP contribution in [0.4, 0.5) is 11.5 Å². The van der Waals surface area contributed by atoms with E-state index in [1.807, 2.05) is 24.6 Å². The van der Waals surface area contributed by atoms with Crippen LogP contribution in [0.25, 0.3) is 5.82 Å². The Morgan fingerprint density at radius 2 is 1.91 bits per heavy atom. The molecule has 4 rings (SSSR count). The molecule has 0 unspecified atom stereocenters. The zero-order valence-electron chi connectivity index (χ0n) is 18.6. The summed E-state index contributed by atoms with van der Waals surface area (Å²) in [6.45, 7) is 6.01. The molecular weight excluding hydrogens is 428 g/mol. The fourth-order valence-electron chi connectivity index (χ4n) is 4.04. The smallest absolute Gasteiger partial charge is 0.224 e. The number of carbonyl (C=O) groups is 1. The van der Waals surface area contributed by atoms with Crippen LogP contribution >= 0.6 is 11.6 Å². The average Bonchev–Trinajstić information content (AvgIpc) is 3.41. The summed E-state index contributed by atoms with van der Waals surface area (Å²) in [7, 11) is 1.55. The zero-order valence-corrected chi connectivity index (χ0v) is 19.3. The van der Waals surface area contributed by atoms with E-state index in [0.717, 1.165) is 41.7 Å². The second-order valence-electron chi connectivity index (χ2n) is 7.89. The molecule has 1 aromatic carbocycles. The normalized spacial score (nSPS) is 13.4. The maximum atomic E-state index is 12.5. The number of nitrogens with zero attached hydrogens (tertiary/aromatic N) is 5. The lowest BCUT2D eigenvalue weighted by atomic mass is 10.1. The number of hydrogen-bond donors (Lipinski definition) is 1. The Morgan fingerprint density at radius 1 is 1.16 bits per heavy atom. The van der Waals surface area contributed by atoms with Gasteiger partial charge in [-0.1, -0.05) is 11.6 Å². The maximum Gasteiger partial charge on any atom is 0.224 e. The van der Waals surface area contributed by atoms with Crippen molar-refractivity contribution in [2.75, 3.05) is 30.4 Å². The summed E-state index contributed by atoms with van der Waals surface area (Å²) < 4.78 is 6.99. The Kier molecular flexibility index (Phi) is 6.60. The largest absolute Gasteiger partial charge is 0.495 e. The summed E-state index contributed by atoms with van der Waals surface area (Å²) in [5.74, 6) is 2.15. The third kappa shape index (κ3) is 4.70. The molecule has 1 fully saturated rings. The molecule has 3 heterocycles. The number of amides is 1. The predicted molar refractivity (Wildman–Crippen MR) is 125 cm³/mol. The SMILES string of the molecule is COc1ccc(NC(=O)CCc2c(C)nn(-c3cc(N4CCCC4)ncn3)c2C)cc1Cl. The Hall–Kier alpha value is -3.13. The van der Waals surface area contributed by atoms with Gasteiger partial charge in [0.05, 0.1) is 17.8 Å². The third-order valence-electron chi connectivity index (χ3n) is 5.76. The summed E-state index contributed by atoms with van der Waals surface area (Å²) in [5, 5.41) is 8.03. The van der Waals surface area contributed by atoms with Gasteiger partial charge in [0, 0.05) is 37.0 Å². The fraction of sp³-hybridized carbons (Fsp3) is 0.391. The van der Waals surface area contributed by atoms with E-state index in [4.69, 9.17) is 16.3 Å². The van der Waals surface area contributed by atoms with Crippen LogP contribution in [-0.4, -0.2) is 45.9 Å². The minimum atomic E-state index is -0.0869. The number of hydrogen-bond acceptors (Lipinski definition) is 6. The second kappa shape index (κ2) is 9.56. The lowest BCUT2D eigenvalue weighted by molar-refractivity contribution is -0.116. The minimum Gasteiger partial charge on any atom is -0.495 e. The van der Waals surface area contributed by atoms with Gasteiger partial charge in [0.2, 0.25) is 5.91 Å². The first-order valence-corrected chi connectivity index (χ1v) is 11.1. The first kappa shape index (κ1) is 22.1. The Bertz CT molecular complexity index is 1120. The van der Waals surface area contributed by atoms with Crippen molar-refractivity contribution >= 4 is 29.0 Å². The number of halogens is 1. The van der Waals surface area contributed by atoms with Crippen LogP contribution in [-0.2, 0) is 11.2 Å². The van der Waals surface area contributed by atoms with E-state index in [-0.39, 0.29) is 5.91 Å². The van der Waals surface area contributed by atoms with Gasteiger partial charge in [-0.25, -0.2) is 14.6 Å². The number of nitrogens with one attached hydrogen (secondary N) is 1. The van der Waals surface area contributed by atoms with Gasteiger partial charge in [0.1, 0.15) is 17.9 Å². The van der Waals surface area contributed by atoms with Crippen molar-refractivity contribution in [1.29, 1.82) is 0 Å². The van der Waals surface area contributed by atoms with Gasteiger partial charge in [-0.15, -0.1) is 0 Å². The first-order valence-electron chi connectivity index (χ1n) is 10.7. The third-order valence-corrected chi connectivity index (χ3v) is 6.06. The number of ether oxygens (including phenoxy) is 1. The highest BCUT2D eigenvalue weighted by atomic mass is 35.5. The summed E-state index contributed by atoms with van der Waals surface area (Å²) in [4.78, 5) is 23.6. The molecule has 0 aliphatic carbocycles. The van der Waals surface area contributed by atoms with E-state index in [1.54, 1.807) is 31.6 Å². The summed E-state index contributed by atoms with van der Waals surface area (Å²) >= 11 is 6.14. The molecule has 1 amide bonds. The quantitative estimate of drug-likeness (QED) is 0.578. The van der Waals surface area contributed by atoms with Crippen molar-refractivity contribution in [2.45, 2.75) is 39.5 Å². The van der Waals surface area contributed by atoms with Gasteiger partial charge in [-0.3, -0.25) is 4.79 Å². The highest BCUT2D eigenvalue weighted by Crippen LogP contribution is 2.27. The van der Waals surface area contributed by atoms with E-state index in [0.29, 0.717) is 29.3 Å². The molecule has 1 aliphatic heterocycles. The van der Waals surface area contributed by atoms with Gasteiger partial charge in [0.25, 0.3) is 0 Å². The molecule has 32 heavy (non-hydrogen) atoms. The van der Waals surface area contributed by atoms with Crippen molar-refractivity contribution in [3.8, 4) is 11.6 Å². The van der Waals surface area contributed by atoms with Gasteiger partial charge in [-0.2, -0.15) is 5.10 Å². The van der Waals surface area contributed by atoms with Crippen LogP contribution < -0.4 is 15.0 Å². The summed E-state index contributed by atoms with van der Waals surface area (Å²) in [6.07, 6.45) is 4.88. The van der Waals surface area contributed by atoms with E-state index in [2.05, 4.69) is 25.3 Å². The molecule has 3 aromatic rings. The van der Waals surface area contributed by atoms with Gasteiger partial charge in [-0.05, 0) is 56.9 Å².